The van der Waals surface area contributed by atoms with E-state index in [2.05, 4.69) is 43.0 Å². The maximum absolute atomic E-state index is 4.56. The zero-order chi connectivity index (χ0) is 11.4. The van der Waals surface area contributed by atoms with E-state index >= 15 is 0 Å². The minimum absolute atomic E-state index is 0.316. The second-order valence-corrected chi connectivity index (χ2v) is 4.09. The van der Waals surface area contributed by atoms with E-state index in [4.69, 9.17) is 0 Å². The molecular weight excluding hydrogens is 186 g/mol. The lowest BCUT2D eigenvalue weighted by Gasteiger charge is -2.14. The van der Waals surface area contributed by atoms with Crippen LogP contribution in [0.15, 0.2) is 6.20 Å². The van der Waals surface area contributed by atoms with Crippen LogP contribution in [0.3, 0.4) is 0 Å². The quantitative estimate of drug-likeness (QED) is 0.824. The molecule has 0 radical (unpaired) electrons. The fourth-order valence-electron chi connectivity index (χ4n) is 1.49. The molecule has 1 aromatic heterocycles. The summed E-state index contributed by atoms with van der Waals surface area (Å²) in [5.74, 6) is 1.41. The molecule has 0 fully saturated rings. The van der Waals surface area contributed by atoms with Gasteiger partial charge in [-0.25, -0.2) is 9.97 Å². The fourth-order valence-corrected chi connectivity index (χ4v) is 1.49. The molecule has 1 N–H and O–H groups in total. The molecule has 0 bridgehead atoms. The van der Waals surface area contributed by atoms with Crippen LogP contribution >= 0.6 is 0 Å². The van der Waals surface area contributed by atoms with Gasteiger partial charge in [0.25, 0.3) is 0 Å². The highest BCUT2D eigenvalue weighted by Crippen LogP contribution is 2.18. The topological polar surface area (TPSA) is 37.8 Å². The first-order valence-corrected chi connectivity index (χ1v) is 5.60. The highest BCUT2D eigenvalue weighted by molar-refractivity contribution is 5.20. The van der Waals surface area contributed by atoms with Gasteiger partial charge in [0, 0.05) is 29.4 Å². The van der Waals surface area contributed by atoms with Crippen molar-refractivity contribution in [1.82, 2.24) is 15.3 Å². The molecule has 0 aliphatic carbocycles. The van der Waals surface area contributed by atoms with Gasteiger partial charge in [0.05, 0.1) is 0 Å². The van der Waals surface area contributed by atoms with Crippen LogP contribution in [0.1, 0.15) is 56.2 Å². The number of nitrogens with zero attached hydrogens (tertiary/aromatic N) is 2. The Labute approximate surface area is 92.3 Å². The first kappa shape index (κ1) is 12.1. The lowest BCUT2D eigenvalue weighted by molar-refractivity contribution is 0.624. The van der Waals surface area contributed by atoms with Gasteiger partial charge in [0.1, 0.15) is 5.82 Å². The predicted octanol–water partition coefficient (Wildman–Crippen LogP) is 2.58. The number of hydrogen-bond acceptors (Lipinski definition) is 3. The van der Waals surface area contributed by atoms with Crippen molar-refractivity contribution >= 4 is 0 Å². The molecule has 0 saturated carbocycles. The molecule has 0 aromatic carbocycles. The summed E-state index contributed by atoms with van der Waals surface area (Å²) in [4.78, 5) is 8.99. The van der Waals surface area contributed by atoms with Crippen molar-refractivity contribution in [3.8, 4) is 0 Å². The monoisotopic (exact) mass is 207 g/mol. The summed E-state index contributed by atoms with van der Waals surface area (Å²) in [7, 11) is 1.95. The minimum Gasteiger partial charge on any atom is -0.313 e. The van der Waals surface area contributed by atoms with Crippen molar-refractivity contribution in [3.63, 3.8) is 0 Å². The molecule has 1 heterocycles. The number of hydrogen-bond donors (Lipinski definition) is 1. The standard InChI is InChI=1S/C12H21N3/c1-6-8(2)12-14-7-11(9(3)13-5)10(4)15-12/h7-9,13H,6H2,1-5H3. The molecule has 3 nitrogen and oxygen atoms in total. The number of aromatic nitrogens is 2. The molecule has 1 aromatic rings. The van der Waals surface area contributed by atoms with Crippen molar-refractivity contribution < 1.29 is 0 Å². The average Bonchev–Trinajstić information content (AvgIpc) is 2.26. The van der Waals surface area contributed by atoms with Gasteiger partial charge in [0.2, 0.25) is 0 Å². The lowest BCUT2D eigenvalue weighted by Crippen LogP contribution is -2.15. The van der Waals surface area contributed by atoms with Crippen LogP contribution in [-0.4, -0.2) is 17.0 Å². The molecule has 3 heteroatoms. The molecule has 1 rings (SSSR count). The Balaban J connectivity index is 2.97. The van der Waals surface area contributed by atoms with Crippen molar-refractivity contribution in [2.24, 2.45) is 0 Å². The SMILES string of the molecule is CCC(C)c1ncc(C(C)NC)c(C)n1. The highest BCUT2D eigenvalue weighted by Gasteiger charge is 2.11. The van der Waals surface area contributed by atoms with E-state index in [1.807, 2.05) is 13.2 Å². The van der Waals surface area contributed by atoms with Crippen LogP contribution in [0.4, 0.5) is 0 Å². The molecule has 0 saturated heterocycles. The van der Waals surface area contributed by atoms with E-state index in [0.29, 0.717) is 12.0 Å². The van der Waals surface area contributed by atoms with Crippen LogP contribution < -0.4 is 5.32 Å². The Morgan fingerprint density at radius 2 is 2.07 bits per heavy atom. The maximum atomic E-state index is 4.56. The van der Waals surface area contributed by atoms with E-state index in [9.17, 15) is 0 Å². The van der Waals surface area contributed by atoms with E-state index in [1.54, 1.807) is 0 Å². The van der Waals surface area contributed by atoms with Crippen LogP contribution in [0.25, 0.3) is 0 Å². The molecule has 84 valence electrons. The summed E-state index contributed by atoms with van der Waals surface area (Å²) in [6.45, 7) is 8.49. The van der Waals surface area contributed by atoms with E-state index in [1.165, 1.54) is 5.56 Å². The molecule has 15 heavy (non-hydrogen) atoms. The average molecular weight is 207 g/mol. The van der Waals surface area contributed by atoms with Gasteiger partial charge in [-0.3, -0.25) is 0 Å². The highest BCUT2D eigenvalue weighted by atomic mass is 14.9. The molecule has 0 aliphatic heterocycles. The summed E-state index contributed by atoms with van der Waals surface area (Å²) < 4.78 is 0. The smallest absolute Gasteiger partial charge is 0.131 e. The minimum atomic E-state index is 0.316. The van der Waals surface area contributed by atoms with Gasteiger partial charge >= 0.3 is 0 Å². The number of nitrogens with one attached hydrogen (secondary N) is 1. The Kier molecular flexibility index (Phi) is 4.21. The normalized spacial score (nSPS) is 15.0. The second kappa shape index (κ2) is 5.21. The van der Waals surface area contributed by atoms with Gasteiger partial charge in [-0.1, -0.05) is 13.8 Å². The van der Waals surface area contributed by atoms with Crippen LogP contribution in [-0.2, 0) is 0 Å². The zero-order valence-electron chi connectivity index (χ0n) is 10.3. The zero-order valence-corrected chi connectivity index (χ0v) is 10.3. The third kappa shape index (κ3) is 2.75. The Bertz CT molecular complexity index is 323. The Morgan fingerprint density at radius 3 is 2.53 bits per heavy atom. The summed E-state index contributed by atoms with van der Waals surface area (Å²) in [6.07, 6.45) is 3.03. The summed E-state index contributed by atoms with van der Waals surface area (Å²) >= 11 is 0. The molecule has 0 spiro atoms. The molecule has 2 atom stereocenters. The van der Waals surface area contributed by atoms with Gasteiger partial charge in [-0.2, -0.15) is 0 Å². The van der Waals surface area contributed by atoms with Gasteiger partial charge in [0.15, 0.2) is 0 Å². The van der Waals surface area contributed by atoms with E-state index in [0.717, 1.165) is 17.9 Å². The van der Waals surface area contributed by atoms with Crippen LogP contribution in [0, 0.1) is 6.92 Å². The molecular formula is C12H21N3. The van der Waals surface area contributed by atoms with Crippen molar-refractivity contribution in [3.05, 3.63) is 23.3 Å². The predicted molar refractivity (Wildman–Crippen MR) is 62.9 cm³/mol. The second-order valence-electron chi connectivity index (χ2n) is 4.09. The Hall–Kier alpha value is -0.960. The van der Waals surface area contributed by atoms with Crippen molar-refractivity contribution in [1.29, 1.82) is 0 Å². The lowest BCUT2D eigenvalue weighted by atomic mass is 10.1. The van der Waals surface area contributed by atoms with E-state index < -0.39 is 0 Å². The van der Waals surface area contributed by atoms with E-state index in [-0.39, 0.29) is 0 Å². The molecule has 2 unspecified atom stereocenters. The van der Waals surface area contributed by atoms with Crippen molar-refractivity contribution in [2.45, 2.75) is 46.1 Å². The number of rotatable bonds is 4. The molecule has 0 aliphatic rings. The third-order valence-corrected chi connectivity index (χ3v) is 2.99. The van der Waals surface area contributed by atoms with Crippen LogP contribution in [0.5, 0.6) is 0 Å². The van der Waals surface area contributed by atoms with Crippen molar-refractivity contribution in [2.75, 3.05) is 7.05 Å². The number of aryl methyl sites for hydroxylation is 1. The van der Waals surface area contributed by atoms with Gasteiger partial charge in [-0.05, 0) is 27.3 Å². The molecule has 0 amide bonds. The van der Waals surface area contributed by atoms with Crippen LogP contribution in [0.2, 0.25) is 0 Å². The van der Waals surface area contributed by atoms with Gasteiger partial charge in [-0.15, -0.1) is 0 Å². The first-order valence-electron chi connectivity index (χ1n) is 5.60. The third-order valence-electron chi connectivity index (χ3n) is 2.99. The largest absolute Gasteiger partial charge is 0.313 e. The first-order chi connectivity index (χ1) is 7.10. The van der Waals surface area contributed by atoms with Gasteiger partial charge < -0.3 is 5.32 Å². The summed E-state index contributed by atoms with van der Waals surface area (Å²) in [6, 6.07) is 0.316. The maximum Gasteiger partial charge on any atom is 0.131 e. The Morgan fingerprint density at radius 1 is 1.40 bits per heavy atom. The summed E-state index contributed by atoms with van der Waals surface area (Å²) in [5.41, 5.74) is 2.27. The fraction of sp³-hybridized carbons (Fsp3) is 0.667. The summed E-state index contributed by atoms with van der Waals surface area (Å²) in [5, 5.41) is 3.20.